The average Bonchev–Trinajstić information content (AvgIpc) is 2.71. The zero-order chi connectivity index (χ0) is 13.7. The van der Waals surface area contributed by atoms with E-state index in [-0.39, 0.29) is 24.0 Å². The molecule has 0 aliphatic carbocycles. The van der Waals surface area contributed by atoms with Gasteiger partial charge in [-0.1, -0.05) is 30.3 Å². The van der Waals surface area contributed by atoms with Crippen LogP contribution in [0.2, 0.25) is 0 Å². The van der Waals surface area contributed by atoms with Gasteiger partial charge >= 0.3 is 0 Å². The molecule has 0 bridgehead atoms. The summed E-state index contributed by atoms with van der Waals surface area (Å²) in [5.74, 6) is 0.571. The highest BCUT2D eigenvalue weighted by Gasteiger charge is 2.28. The quantitative estimate of drug-likeness (QED) is 0.473. The lowest BCUT2D eigenvalue weighted by Gasteiger charge is -2.20. The molecule has 0 amide bonds. The predicted molar refractivity (Wildman–Crippen MR) is 95.4 cm³/mol. The zero-order valence-electron chi connectivity index (χ0n) is 12.2. The molecular weight excluding hydrogens is 363 g/mol. The van der Waals surface area contributed by atoms with Crippen LogP contribution in [0.3, 0.4) is 0 Å². The molecule has 3 N–H and O–H groups in total. The highest BCUT2D eigenvalue weighted by atomic mass is 127. The van der Waals surface area contributed by atoms with Gasteiger partial charge in [-0.2, -0.15) is 0 Å². The number of rotatable bonds is 4. The average molecular weight is 388 g/mol. The van der Waals surface area contributed by atoms with Crippen molar-refractivity contribution in [2.75, 3.05) is 13.1 Å². The number of guanidine groups is 1. The minimum Gasteiger partial charge on any atom is -0.370 e. The Labute approximate surface area is 138 Å². The highest BCUT2D eigenvalue weighted by Crippen LogP contribution is 2.19. The first-order valence-electron chi connectivity index (χ1n) is 7.03. The molecule has 112 valence electrons. The first kappa shape index (κ1) is 17.2. The Morgan fingerprint density at radius 3 is 2.75 bits per heavy atom. The van der Waals surface area contributed by atoms with Crippen LogP contribution in [0.4, 0.5) is 0 Å². The Kier molecular flexibility index (Phi) is 7.29. The molecule has 2 unspecified atom stereocenters. The second-order valence-corrected chi connectivity index (χ2v) is 5.20. The van der Waals surface area contributed by atoms with Crippen LogP contribution in [0.25, 0.3) is 0 Å². The summed E-state index contributed by atoms with van der Waals surface area (Å²) in [5.41, 5.74) is 7.19. The summed E-state index contributed by atoms with van der Waals surface area (Å²) in [6.07, 6.45) is 1.12. The van der Waals surface area contributed by atoms with Crippen molar-refractivity contribution in [1.29, 1.82) is 0 Å². The maximum atomic E-state index is 5.83. The maximum Gasteiger partial charge on any atom is 0.188 e. The molecule has 0 radical (unpaired) electrons. The van der Waals surface area contributed by atoms with E-state index in [0.29, 0.717) is 18.0 Å². The molecule has 1 fully saturated rings. The van der Waals surface area contributed by atoms with E-state index in [1.807, 2.05) is 6.92 Å². The van der Waals surface area contributed by atoms with Gasteiger partial charge in [0.1, 0.15) is 0 Å². The SMILES string of the molecule is CCN=C(N)NC1CC(C)N(Cc2ccccc2)C1.I. The number of nitrogens with zero attached hydrogens (tertiary/aromatic N) is 2. The van der Waals surface area contributed by atoms with Crippen LogP contribution in [-0.4, -0.2) is 36.0 Å². The molecule has 1 aromatic rings. The largest absolute Gasteiger partial charge is 0.370 e. The molecule has 1 aliphatic rings. The predicted octanol–water partition coefficient (Wildman–Crippen LogP) is 2.19. The molecule has 4 nitrogen and oxygen atoms in total. The number of nitrogens with two attached hydrogens (primary N) is 1. The van der Waals surface area contributed by atoms with Gasteiger partial charge in [0, 0.05) is 31.7 Å². The number of likely N-dealkylation sites (tertiary alicyclic amines) is 1. The van der Waals surface area contributed by atoms with Crippen molar-refractivity contribution in [2.24, 2.45) is 10.7 Å². The third-order valence-electron chi connectivity index (χ3n) is 3.61. The van der Waals surface area contributed by atoms with Crippen LogP contribution in [0.1, 0.15) is 25.8 Å². The summed E-state index contributed by atoms with van der Waals surface area (Å²) in [4.78, 5) is 6.68. The molecule has 0 spiro atoms. The summed E-state index contributed by atoms with van der Waals surface area (Å²) in [6.45, 7) is 7.03. The lowest BCUT2D eigenvalue weighted by molar-refractivity contribution is 0.258. The van der Waals surface area contributed by atoms with E-state index in [1.165, 1.54) is 5.56 Å². The number of aliphatic imine (C=N–C) groups is 1. The number of hydrogen-bond donors (Lipinski definition) is 2. The van der Waals surface area contributed by atoms with Crippen molar-refractivity contribution in [2.45, 2.75) is 38.9 Å². The minimum atomic E-state index is 0. The summed E-state index contributed by atoms with van der Waals surface area (Å²) < 4.78 is 0. The Morgan fingerprint density at radius 1 is 1.40 bits per heavy atom. The fourth-order valence-electron chi connectivity index (χ4n) is 2.67. The topological polar surface area (TPSA) is 53.6 Å². The Hall–Kier alpha value is -0.820. The summed E-state index contributed by atoms with van der Waals surface area (Å²) in [7, 11) is 0. The van der Waals surface area contributed by atoms with Crippen molar-refractivity contribution in [3.05, 3.63) is 35.9 Å². The van der Waals surface area contributed by atoms with Gasteiger partial charge in [0.25, 0.3) is 0 Å². The van der Waals surface area contributed by atoms with E-state index in [9.17, 15) is 0 Å². The van der Waals surface area contributed by atoms with Gasteiger partial charge in [-0.3, -0.25) is 9.89 Å². The normalized spacial score (nSPS) is 23.4. The number of hydrogen-bond acceptors (Lipinski definition) is 2. The summed E-state index contributed by atoms with van der Waals surface area (Å²) >= 11 is 0. The third kappa shape index (κ3) is 4.94. The van der Waals surface area contributed by atoms with Crippen LogP contribution in [0.5, 0.6) is 0 Å². The lowest BCUT2D eigenvalue weighted by Crippen LogP contribution is -2.41. The standard InChI is InChI=1S/C15H24N4.HI/c1-3-17-15(16)18-14-9-12(2)19(11-14)10-13-7-5-4-6-8-13;/h4-8,12,14H,3,9-11H2,1-2H3,(H3,16,17,18);1H. The van der Waals surface area contributed by atoms with Crippen molar-refractivity contribution in [3.8, 4) is 0 Å². The van der Waals surface area contributed by atoms with Crippen molar-refractivity contribution in [1.82, 2.24) is 10.2 Å². The van der Waals surface area contributed by atoms with Gasteiger partial charge < -0.3 is 11.1 Å². The molecule has 2 rings (SSSR count). The van der Waals surface area contributed by atoms with Crippen LogP contribution in [-0.2, 0) is 6.54 Å². The van der Waals surface area contributed by atoms with Crippen LogP contribution < -0.4 is 11.1 Å². The van der Waals surface area contributed by atoms with Crippen LogP contribution in [0.15, 0.2) is 35.3 Å². The molecule has 1 saturated heterocycles. The molecule has 0 saturated carbocycles. The van der Waals surface area contributed by atoms with E-state index in [2.05, 4.69) is 52.5 Å². The van der Waals surface area contributed by atoms with Crippen LogP contribution >= 0.6 is 24.0 Å². The fourth-order valence-corrected chi connectivity index (χ4v) is 2.67. The number of benzene rings is 1. The van der Waals surface area contributed by atoms with Gasteiger partial charge in [0.15, 0.2) is 5.96 Å². The third-order valence-corrected chi connectivity index (χ3v) is 3.61. The smallest absolute Gasteiger partial charge is 0.188 e. The van der Waals surface area contributed by atoms with Gasteiger partial charge in [0.05, 0.1) is 0 Å². The van der Waals surface area contributed by atoms with Gasteiger partial charge in [0.2, 0.25) is 0 Å². The van der Waals surface area contributed by atoms with Crippen molar-refractivity contribution < 1.29 is 0 Å². The molecule has 2 atom stereocenters. The molecule has 1 aliphatic heterocycles. The number of halogens is 1. The number of nitrogens with one attached hydrogen (secondary N) is 1. The van der Waals surface area contributed by atoms with E-state index >= 15 is 0 Å². The second-order valence-electron chi connectivity index (χ2n) is 5.20. The second kappa shape index (κ2) is 8.46. The van der Waals surface area contributed by atoms with E-state index < -0.39 is 0 Å². The molecule has 1 aromatic carbocycles. The van der Waals surface area contributed by atoms with Gasteiger partial charge in [-0.25, -0.2) is 0 Å². The summed E-state index contributed by atoms with van der Waals surface area (Å²) in [5, 5.41) is 3.31. The van der Waals surface area contributed by atoms with Crippen LogP contribution in [0, 0.1) is 0 Å². The molecule has 5 heteroatoms. The van der Waals surface area contributed by atoms with E-state index in [4.69, 9.17) is 5.73 Å². The monoisotopic (exact) mass is 388 g/mol. The maximum absolute atomic E-state index is 5.83. The van der Waals surface area contributed by atoms with Gasteiger partial charge in [-0.05, 0) is 25.8 Å². The van der Waals surface area contributed by atoms with Crippen molar-refractivity contribution >= 4 is 29.9 Å². The molecular formula is C15H25IN4. The Morgan fingerprint density at radius 2 is 2.10 bits per heavy atom. The van der Waals surface area contributed by atoms with Crippen molar-refractivity contribution in [3.63, 3.8) is 0 Å². The molecule has 0 aromatic heterocycles. The lowest BCUT2D eigenvalue weighted by atomic mass is 10.2. The molecule has 1 heterocycles. The Bertz CT molecular complexity index is 421. The highest BCUT2D eigenvalue weighted by molar-refractivity contribution is 14.0. The first-order chi connectivity index (χ1) is 9.19. The molecule has 20 heavy (non-hydrogen) atoms. The Balaban J connectivity index is 0.00000200. The fraction of sp³-hybridized carbons (Fsp3) is 0.533. The minimum absolute atomic E-state index is 0. The van der Waals surface area contributed by atoms with E-state index in [1.54, 1.807) is 0 Å². The zero-order valence-corrected chi connectivity index (χ0v) is 14.6. The first-order valence-corrected chi connectivity index (χ1v) is 7.03. The van der Waals surface area contributed by atoms with E-state index in [0.717, 1.165) is 26.1 Å². The summed E-state index contributed by atoms with van der Waals surface area (Å²) in [6, 6.07) is 11.6. The van der Waals surface area contributed by atoms with Gasteiger partial charge in [-0.15, -0.1) is 24.0 Å².